The van der Waals surface area contributed by atoms with Crippen LogP contribution >= 0.6 is 0 Å². The van der Waals surface area contributed by atoms with E-state index in [1.807, 2.05) is 13.8 Å². The molecule has 1 atom stereocenters. The summed E-state index contributed by atoms with van der Waals surface area (Å²) in [4.78, 5) is 23.3. The Hall–Kier alpha value is -1.26. The molecule has 0 fully saturated rings. The number of amides is 2. The molecule has 0 spiro atoms. The molecule has 0 aromatic carbocycles. The van der Waals surface area contributed by atoms with Crippen molar-refractivity contribution in [3.63, 3.8) is 0 Å². The van der Waals surface area contributed by atoms with E-state index in [4.69, 9.17) is 4.74 Å². The molecule has 20 heavy (non-hydrogen) atoms. The lowest BCUT2D eigenvalue weighted by Crippen LogP contribution is -2.47. The van der Waals surface area contributed by atoms with Gasteiger partial charge < -0.3 is 15.4 Å². The molecule has 0 aliphatic carbocycles. The molecule has 118 valence electrons. The number of nitrogens with one attached hydrogen (secondary N) is 2. The van der Waals surface area contributed by atoms with Gasteiger partial charge >= 0.3 is 12.0 Å². The summed E-state index contributed by atoms with van der Waals surface area (Å²) >= 11 is 0. The maximum Gasteiger partial charge on any atom is 0.328 e. The van der Waals surface area contributed by atoms with Crippen LogP contribution in [0.3, 0.4) is 0 Å². The second kappa shape index (κ2) is 11.6. The van der Waals surface area contributed by atoms with Crippen LogP contribution in [-0.4, -0.2) is 31.7 Å². The Morgan fingerprint density at radius 1 is 1.10 bits per heavy atom. The highest BCUT2D eigenvalue weighted by molar-refractivity contribution is 5.83. The fourth-order valence-corrected chi connectivity index (χ4v) is 1.97. The Morgan fingerprint density at radius 2 is 1.75 bits per heavy atom. The highest BCUT2D eigenvalue weighted by Crippen LogP contribution is 2.06. The van der Waals surface area contributed by atoms with Gasteiger partial charge in [-0.1, -0.05) is 46.5 Å². The van der Waals surface area contributed by atoms with Crippen LogP contribution < -0.4 is 10.6 Å². The topological polar surface area (TPSA) is 67.4 Å². The van der Waals surface area contributed by atoms with Gasteiger partial charge in [0.25, 0.3) is 0 Å². The van der Waals surface area contributed by atoms with E-state index in [9.17, 15) is 9.59 Å². The summed E-state index contributed by atoms with van der Waals surface area (Å²) in [5.74, 6) is -0.0785. The van der Waals surface area contributed by atoms with Gasteiger partial charge in [-0.05, 0) is 18.8 Å². The lowest BCUT2D eigenvalue weighted by molar-refractivity contribution is -0.143. The van der Waals surface area contributed by atoms with E-state index >= 15 is 0 Å². The summed E-state index contributed by atoms with van der Waals surface area (Å²) in [7, 11) is 1.34. The number of hydrogen-bond acceptors (Lipinski definition) is 3. The molecule has 0 saturated heterocycles. The van der Waals surface area contributed by atoms with E-state index in [1.165, 1.54) is 26.4 Å². The van der Waals surface area contributed by atoms with Gasteiger partial charge in [-0.25, -0.2) is 9.59 Å². The Kier molecular flexibility index (Phi) is 10.8. The Balaban J connectivity index is 3.92. The van der Waals surface area contributed by atoms with Gasteiger partial charge in [0, 0.05) is 6.54 Å². The minimum Gasteiger partial charge on any atom is -0.467 e. The molecule has 0 saturated carbocycles. The molecule has 0 rings (SSSR count). The zero-order chi connectivity index (χ0) is 15.4. The average Bonchev–Trinajstić information content (AvgIpc) is 2.40. The molecule has 5 heteroatoms. The number of methoxy groups -OCH3 is 1. The molecule has 0 aliphatic rings. The van der Waals surface area contributed by atoms with E-state index < -0.39 is 12.0 Å². The number of ether oxygens (including phenoxy) is 1. The fourth-order valence-electron chi connectivity index (χ4n) is 1.97. The first-order valence-corrected chi connectivity index (χ1v) is 7.63. The van der Waals surface area contributed by atoms with Gasteiger partial charge in [0.1, 0.15) is 6.04 Å². The first-order valence-electron chi connectivity index (χ1n) is 7.63. The monoisotopic (exact) mass is 286 g/mol. The molecule has 0 heterocycles. The second-order valence-corrected chi connectivity index (χ2v) is 5.52. The van der Waals surface area contributed by atoms with Crippen molar-refractivity contribution in [2.24, 2.45) is 5.92 Å². The van der Waals surface area contributed by atoms with Gasteiger partial charge in [0.05, 0.1) is 7.11 Å². The number of hydrogen-bond donors (Lipinski definition) is 2. The zero-order valence-corrected chi connectivity index (χ0v) is 13.3. The van der Waals surface area contributed by atoms with Crippen LogP contribution in [0.1, 0.15) is 59.3 Å². The lowest BCUT2D eigenvalue weighted by Gasteiger charge is -2.18. The van der Waals surface area contributed by atoms with Gasteiger partial charge in [-0.2, -0.15) is 0 Å². The summed E-state index contributed by atoms with van der Waals surface area (Å²) in [5, 5.41) is 5.46. The van der Waals surface area contributed by atoms with Crippen molar-refractivity contribution < 1.29 is 14.3 Å². The number of unbranched alkanes of at least 4 members (excludes halogenated alkanes) is 4. The Morgan fingerprint density at radius 3 is 2.30 bits per heavy atom. The molecule has 5 nitrogen and oxygen atoms in total. The molecule has 0 bridgehead atoms. The van der Waals surface area contributed by atoms with Crippen LogP contribution in [0.15, 0.2) is 0 Å². The van der Waals surface area contributed by atoms with Crippen molar-refractivity contribution in [2.75, 3.05) is 13.7 Å². The number of urea groups is 1. The van der Waals surface area contributed by atoms with Crippen LogP contribution in [0, 0.1) is 5.92 Å². The largest absolute Gasteiger partial charge is 0.467 e. The predicted octanol–water partition coefficient (Wildman–Crippen LogP) is 2.84. The van der Waals surface area contributed by atoms with Crippen LogP contribution in [0.25, 0.3) is 0 Å². The van der Waals surface area contributed by atoms with Crippen LogP contribution in [0.2, 0.25) is 0 Å². The van der Waals surface area contributed by atoms with E-state index in [2.05, 4.69) is 17.6 Å². The maximum absolute atomic E-state index is 11.7. The second-order valence-electron chi connectivity index (χ2n) is 5.52. The molecule has 2 N–H and O–H groups in total. The molecular formula is C15H30N2O3. The van der Waals surface area contributed by atoms with Crippen LogP contribution in [-0.2, 0) is 9.53 Å². The summed E-state index contributed by atoms with van der Waals surface area (Å²) in [6.45, 7) is 6.82. The third-order valence-corrected chi connectivity index (χ3v) is 3.06. The molecule has 1 unspecified atom stereocenters. The third kappa shape index (κ3) is 9.64. The van der Waals surface area contributed by atoms with Crippen molar-refractivity contribution in [3.8, 4) is 0 Å². The standard InChI is InChI=1S/C15H30N2O3/c1-5-6-7-8-9-10-16-15(19)17-13(11-12(2)3)14(18)20-4/h12-13H,5-11H2,1-4H3,(H2,16,17,19). The number of carbonyl (C=O) groups is 2. The summed E-state index contributed by atoms with van der Waals surface area (Å²) in [6.07, 6.45) is 6.34. The van der Waals surface area contributed by atoms with Crippen LogP contribution in [0.5, 0.6) is 0 Å². The third-order valence-electron chi connectivity index (χ3n) is 3.06. The average molecular weight is 286 g/mol. The highest BCUT2D eigenvalue weighted by atomic mass is 16.5. The van der Waals surface area contributed by atoms with Crippen molar-refractivity contribution >= 4 is 12.0 Å². The van der Waals surface area contributed by atoms with E-state index in [-0.39, 0.29) is 6.03 Å². The molecular weight excluding hydrogens is 256 g/mol. The summed E-state index contributed by atoms with van der Waals surface area (Å²) in [6, 6.07) is -0.864. The van der Waals surface area contributed by atoms with Crippen LogP contribution in [0.4, 0.5) is 4.79 Å². The molecule has 2 amide bonds. The lowest BCUT2D eigenvalue weighted by atomic mass is 10.0. The number of carbonyl (C=O) groups excluding carboxylic acids is 2. The van der Waals surface area contributed by atoms with Crippen molar-refractivity contribution in [3.05, 3.63) is 0 Å². The minimum atomic E-state index is -0.569. The Bertz CT molecular complexity index is 280. The van der Waals surface area contributed by atoms with Crippen molar-refractivity contribution in [1.29, 1.82) is 0 Å². The highest BCUT2D eigenvalue weighted by Gasteiger charge is 2.22. The number of rotatable bonds is 10. The van der Waals surface area contributed by atoms with E-state index in [0.29, 0.717) is 18.9 Å². The summed E-state index contributed by atoms with van der Waals surface area (Å²) < 4.78 is 4.70. The molecule has 0 radical (unpaired) electrons. The first-order chi connectivity index (χ1) is 9.51. The van der Waals surface area contributed by atoms with E-state index in [0.717, 1.165) is 12.8 Å². The zero-order valence-electron chi connectivity index (χ0n) is 13.3. The van der Waals surface area contributed by atoms with Gasteiger partial charge in [-0.3, -0.25) is 0 Å². The van der Waals surface area contributed by atoms with Gasteiger partial charge in [0.2, 0.25) is 0 Å². The number of esters is 1. The predicted molar refractivity (Wildman–Crippen MR) is 80.6 cm³/mol. The van der Waals surface area contributed by atoms with E-state index in [1.54, 1.807) is 0 Å². The van der Waals surface area contributed by atoms with Crippen molar-refractivity contribution in [2.45, 2.75) is 65.3 Å². The summed E-state index contributed by atoms with van der Waals surface area (Å²) in [5.41, 5.74) is 0. The fraction of sp³-hybridized carbons (Fsp3) is 0.867. The van der Waals surface area contributed by atoms with Gasteiger partial charge in [-0.15, -0.1) is 0 Å². The quantitative estimate of drug-likeness (QED) is 0.479. The smallest absolute Gasteiger partial charge is 0.328 e. The van der Waals surface area contributed by atoms with Crippen molar-refractivity contribution in [1.82, 2.24) is 10.6 Å². The molecule has 0 aliphatic heterocycles. The normalized spacial score (nSPS) is 12.1. The molecule has 0 aromatic heterocycles. The molecule has 0 aromatic rings. The maximum atomic E-state index is 11.7. The Labute approximate surface area is 122 Å². The minimum absolute atomic E-state index is 0.295. The first kappa shape index (κ1) is 18.7. The SMILES string of the molecule is CCCCCCCNC(=O)NC(CC(C)C)C(=O)OC. The van der Waals surface area contributed by atoms with Gasteiger partial charge in [0.15, 0.2) is 0 Å².